The molecule has 0 amide bonds. The number of ether oxygens (including phenoxy) is 1. The molecule has 0 aliphatic rings. The highest BCUT2D eigenvalue weighted by Crippen LogP contribution is 2.02. The summed E-state index contributed by atoms with van der Waals surface area (Å²) in [5.41, 5.74) is 1.27. The molecule has 0 aliphatic carbocycles. The highest BCUT2D eigenvalue weighted by Gasteiger charge is 1.85. The fourth-order valence-electron chi connectivity index (χ4n) is 1.23. The molecule has 0 heterocycles. The lowest BCUT2D eigenvalue weighted by molar-refractivity contribution is 0.145. The van der Waals surface area contributed by atoms with Crippen LogP contribution in [0.15, 0.2) is 36.4 Å². The monoisotopic (exact) mass is 190 g/mol. The zero-order chi connectivity index (χ0) is 10.1. The second-order valence-corrected chi connectivity index (χ2v) is 3.15. The van der Waals surface area contributed by atoms with Crippen LogP contribution in [-0.2, 0) is 4.74 Å². The lowest BCUT2D eigenvalue weighted by Gasteiger charge is -1.97. The van der Waals surface area contributed by atoms with Crippen LogP contribution in [0.4, 0.5) is 0 Å². The van der Waals surface area contributed by atoms with Gasteiger partial charge in [0, 0.05) is 13.2 Å². The van der Waals surface area contributed by atoms with Gasteiger partial charge in [-0.2, -0.15) is 0 Å². The van der Waals surface area contributed by atoms with Gasteiger partial charge in [0.1, 0.15) is 0 Å². The van der Waals surface area contributed by atoms with Crippen molar-refractivity contribution in [2.24, 2.45) is 0 Å². The minimum Gasteiger partial charge on any atom is -0.382 e. The molecule has 0 aliphatic heterocycles. The van der Waals surface area contributed by atoms with E-state index in [4.69, 9.17) is 4.74 Å². The maximum Gasteiger partial charge on any atom is 0.0468 e. The van der Waals surface area contributed by atoms with Crippen molar-refractivity contribution in [1.29, 1.82) is 0 Å². The summed E-state index contributed by atoms with van der Waals surface area (Å²) in [5.74, 6) is 0. The number of benzene rings is 1. The van der Waals surface area contributed by atoms with Gasteiger partial charge in [0.15, 0.2) is 0 Å². The number of allylic oxidation sites excluding steroid dienone is 1. The minimum absolute atomic E-state index is 0.822. The van der Waals surface area contributed by atoms with Gasteiger partial charge in [-0.3, -0.25) is 0 Å². The van der Waals surface area contributed by atoms with Gasteiger partial charge in [0.2, 0.25) is 0 Å². The maximum absolute atomic E-state index is 5.25. The number of hydrogen-bond donors (Lipinski definition) is 0. The molecule has 76 valence electrons. The van der Waals surface area contributed by atoms with Gasteiger partial charge >= 0.3 is 0 Å². The Bertz CT molecular complexity index is 251. The minimum atomic E-state index is 0.822. The van der Waals surface area contributed by atoms with Gasteiger partial charge in [0.25, 0.3) is 0 Å². The lowest BCUT2D eigenvalue weighted by atomic mass is 10.2. The first-order chi connectivity index (χ1) is 6.93. The van der Waals surface area contributed by atoms with E-state index in [0.29, 0.717) is 0 Å². The van der Waals surface area contributed by atoms with E-state index in [1.54, 1.807) is 0 Å². The number of hydrogen-bond acceptors (Lipinski definition) is 1. The van der Waals surface area contributed by atoms with Crippen LogP contribution in [0, 0.1) is 0 Å². The lowest BCUT2D eigenvalue weighted by Crippen LogP contribution is -1.91. The van der Waals surface area contributed by atoms with E-state index in [1.165, 1.54) is 5.56 Å². The SMILES string of the molecule is CCOCCCC=Cc1ccccc1. The molecule has 0 atom stereocenters. The maximum atomic E-state index is 5.25. The Morgan fingerprint density at radius 2 is 2.00 bits per heavy atom. The molecule has 14 heavy (non-hydrogen) atoms. The van der Waals surface area contributed by atoms with Crippen LogP contribution < -0.4 is 0 Å². The number of rotatable bonds is 6. The van der Waals surface area contributed by atoms with Crippen LogP contribution in [0.2, 0.25) is 0 Å². The van der Waals surface area contributed by atoms with Gasteiger partial charge in [-0.25, -0.2) is 0 Å². The largest absolute Gasteiger partial charge is 0.382 e. The van der Waals surface area contributed by atoms with E-state index < -0.39 is 0 Å². The molecule has 0 spiro atoms. The van der Waals surface area contributed by atoms with Crippen molar-refractivity contribution in [2.75, 3.05) is 13.2 Å². The summed E-state index contributed by atoms with van der Waals surface area (Å²) in [6.07, 6.45) is 6.56. The standard InChI is InChI=1S/C13H18O/c1-2-14-12-8-4-7-11-13-9-5-3-6-10-13/h3,5-7,9-11H,2,4,8,12H2,1H3. The Morgan fingerprint density at radius 1 is 1.21 bits per heavy atom. The third-order valence-electron chi connectivity index (χ3n) is 1.97. The second-order valence-electron chi connectivity index (χ2n) is 3.15. The van der Waals surface area contributed by atoms with Gasteiger partial charge in [-0.1, -0.05) is 42.5 Å². The topological polar surface area (TPSA) is 9.23 Å². The summed E-state index contributed by atoms with van der Waals surface area (Å²) >= 11 is 0. The third kappa shape index (κ3) is 4.83. The highest BCUT2D eigenvalue weighted by molar-refractivity contribution is 5.48. The van der Waals surface area contributed by atoms with Gasteiger partial charge in [-0.15, -0.1) is 0 Å². The summed E-state index contributed by atoms with van der Waals surface area (Å²) in [6, 6.07) is 10.4. The molecule has 0 saturated carbocycles. The van der Waals surface area contributed by atoms with Crippen molar-refractivity contribution < 1.29 is 4.74 Å². The molecule has 0 fully saturated rings. The predicted molar refractivity (Wildman–Crippen MR) is 61.2 cm³/mol. The van der Waals surface area contributed by atoms with Crippen molar-refractivity contribution >= 4 is 6.08 Å². The molecule has 1 nitrogen and oxygen atoms in total. The van der Waals surface area contributed by atoms with Crippen molar-refractivity contribution in [3.05, 3.63) is 42.0 Å². The molecule has 1 aromatic rings. The van der Waals surface area contributed by atoms with Crippen LogP contribution >= 0.6 is 0 Å². The quantitative estimate of drug-likeness (QED) is 0.624. The van der Waals surface area contributed by atoms with Crippen LogP contribution in [0.1, 0.15) is 25.3 Å². The molecule has 0 N–H and O–H groups in total. The van der Waals surface area contributed by atoms with E-state index in [9.17, 15) is 0 Å². The fraction of sp³-hybridized carbons (Fsp3) is 0.385. The summed E-state index contributed by atoms with van der Waals surface area (Å²) < 4.78 is 5.25. The molecule has 1 aromatic carbocycles. The van der Waals surface area contributed by atoms with Crippen LogP contribution in [0.5, 0.6) is 0 Å². The molecular formula is C13H18O. The molecule has 0 bridgehead atoms. The first kappa shape index (κ1) is 11.0. The first-order valence-electron chi connectivity index (χ1n) is 5.23. The third-order valence-corrected chi connectivity index (χ3v) is 1.97. The van der Waals surface area contributed by atoms with Crippen molar-refractivity contribution in [1.82, 2.24) is 0 Å². The molecular weight excluding hydrogens is 172 g/mol. The molecule has 0 radical (unpaired) electrons. The van der Waals surface area contributed by atoms with E-state index in [-0.39, 0.29) is 0 Å². The number of unbranched alkanes of at least 4 members (excludes halogenated alkanes) is 1. The predicted octanol–water partition coefficient (Wildman–Crippen LogP) is 3.52. The van der Waals surface area contributed by atoms with Crippen LogP contribution in [-0.4, -0.2) is 13.2 Å². The van der Waals surface area contributed by atoms with Crippen LogP contribution in [0.25, 0.3) is 6.08 Å². The highest BCUT2D eigenvalue weighted by atomic mass is 16.5. The van der Waals surface area contributed by atoms with Gasteiger partial charge in [-0.05, 0) is 25.3 Å². The Balaban J connectivity index is 2.15. The van der Waals surface area contributed by atoms with Crippen LogP contribution in [0.3, 0.4) is 0 Å². The van der Waals surface area contributed by atoms with E-state index in [0.717, 1.165) is 26.1 Å². The molecule has 1 heteroatoms. The molecule has 0 aromatic heterocycles. The average Bonchev–Trinajstić information content (AvgIpc) is 2.25. The molecule has 0 unspecified atom stereocenters. The van der Waals surface area contributed by atoms with Gasteiger partial charge in [0.05, 0.1) is 0 Å². The van der Waals surface area contributed by atoms with E-state index in [1.807, 2.05) is 13.0 Å². The zero-order valence-electron chi connectivity index (χ0n) is 8.78. The van der Waals surface area contributed by atoms with Crippen molar-refractivity contribution in [3.63, 3.8) is 0 Å². The normalized spacial score (nSPS) is 10.9. The Kier molecular flexibility index (Phi) is 5.76. The van der Waals surface area contributed by atoms with Crippen molar-refractivity contribution in [3.8, 4) is 0 Å². The summed E-state index contributed by atoms with van der Waals surface area (Å²) in [6.45, 7) is 3.72. The van der Waals surface area contributed by atoms with E-state index in [2.05, 4.69) is 36.4 Å². The Labute approximate surface area is 86.4 Å². The summed E-state index contributed by atoms with van der Waals surface area (Å²) in [7, 11) is 0. The average molecular weight is 190 g/mol. The summed E-state index contributed by atoms with van der Waals surface area (Å²) in [5, 5.41) is 0. The molecule has 1 rings (SSSR count). The fourth-order valence-corrected chi connectivity index (χ4v) is 1.23. The second kappa shape index (κ2) is 7.34. The zero-order valence-corrected chi connectivity index (χ0v) is 8.78. The van der Waals surface area contributed by atoms with Crippen molar-refractivity contribution in [2.45, 2.75) is 19.8 Å². The Morgan fingerprint density at radius 3 is 2.71 bits per heavy atom. The smallest absolute Gasteiger partial charge is 0.0468 e. The molecule has 0 saturated heterocycles. The summed E-state index contributed by atoms with van der Waals surface area (Å²) in [4.78, 5) is 0. The Hall–Kier alpha value is -1.08. The first-order valence-corrected chi connectivity index (χ1v) is 5.23. The van der Waals surface area contributed by atoms with Gasteiger partial charge < -0.3 is 4.74 Å². The van der Waals surface area contributed by atoms with E-state index >= 15 is 0 Å².